The number of sulfonamides is 1. The molecule has 3 rings (SSSR count). The molecule has 1 atom stereocenters. The van der Waals surface area contributed by atoms with Gasteiger partial charge in [0.05, 0.1) is 33.9 Å². The number of hydrogen-bond acceptors (Lipinski definition) is 8. The molecule has 11 nitrogen and oxygen atoms in total. The predicted molar refractivity (Wildman–Crippen MR) is 141 cm³/mol. The lowest BCUT2D eigenvalue weighted by Crippen LogP contribution is -2.32. The number of methoxy groups -OCH3 is 1. The Kier molecular flexibility index (Phi) is 8.68. The first-order chi connectivity index (χ1) is 18.0. The number of para-hydroxylation sites is 1. The summed E-state index contributed by atoms with van der Waals surface area (Å²) in [6.45, 7) is 4.80. The fraction of sp³-hybridized carbons (Fsp3) is 0.231. The van der Waals surface area contributed by atoms with Crippen LogP contribution in [0.4, 0.5) is 17.1 Å². The van der Waals surface area contributed by atoms with Crippen molar-refractivity contribution >= 4 is 39.0 Å². The van der Waals surface area contributed by atoms with E-state index in [0.717, 1.165) is 6.07 Å². The first-order valence-corrected chi connectivity index (χ1v) is 13.0. The van der Waals surface area contributed by atoms with Gasteiger partial charge < -0.3 is 14.8 Å². The molecular weight excluding hydrogens is 514 g/mol. The molecule has 3 aromatic carbocycles. The van der Waals surface area contributed by atoms with Crippen molar-refractivity contribution in [2.75, 3.05) is 23.3 Å². The molecule has 0 saturated carbocycles. The van der Waals surface area contributed by atoms with Gasteiger partial charge in [0.2, 0.25) is 0 Å². The lowest BCUT2D eigenvalue weighted by molar-refractivity contribution is -0.384. The highest BCUT2D eigenvalue weighted by Crippen LogP contribution is 2.29. The molecule has 12 heteroatoms. The molecule has 0 heterocycles. The molecular formula is C26H27N3O8S. The quantitative estimate of drug-likeness (QED) is 0.227. The van der Waals surface area contributed by atoms with Gasteiger partial charge in [-0.25, -0.2) is 13.2 Å². The van der Waals surface area contributed by atoms with Crippen molar-refractivity contribution in [2.24, 2.45) is 0 Å². The molecule has 38 heavy (non-hydrogen) atoms. The molecule has 0 aliphatic heterocycles. The van der Waals surface area contributed by atoms with E-state index in [1.807, 2.05) is 0 Å². The number of rotatable bonds is 10. The van der Waals surface area contributed by atoms with Gasteiger partial charge in [-0.05, 0) is 56.7 Å². The number of carbonyl (C=O) groups is 2. The van der Waals surface area contributed by atoms with E-state index in [1.54, 1.807) is 44.2 Å². The highest BCUT2D eigenvalue weighted by molar-refractivity contribution is 7.92. The van der Waals surface area contributed by atoms with E-state index in [0.29, 0.717) is 11.3 Å². The molecule has 0 fully saturated rings. The standard InChI is InChI=1S/C26H27N3O8S/c1-5-28(20-9-7-6-8-10-20)38(34,35)24-15-19(12-11-17(24)2)26(31)37-18(3)25(30)27-22-16-21(29(32)33)13-14-23(22)36-4/h6-16,18H,5H2,1-4H3,(H,27,30). The minimum absolute atomic E-state index is 0.0267. The molecule has 1 unspecified atom stereocenters. The Balaban J connectivity index is 1.81. The summed E-state index contributed by atoms with van der Waals surface area (Å²) in [7, 11) is -2.68. The number of benzene rings is 3. The number of nitrogens with zero attached hydrogens (tertiary/aromatic N) is 2. The third-order valence-electron chi connectivity index (χ3n) is 5.63. The van der Waals surface area contributed by atoms with Crippen LogP contribution in [0.2, 0.25) is 0 Å². The van der Waals surface area contributed by atoms with Crippen LogP contribution in [0.1, 0.15) is 29.8 Å². The second kappa shape index (κ2) is 11.7. The van der Waals surface area contributed by atoms with Crippen LogP contribution in [0.3, 0.4) is 0 Å². The van der Waals surface area contributed by atoms with Crippen molar-refractivity contribution in [3.8, 4) is 5.75 Å². The molecule has 3 aromatic rings. The van der Waals surface area contributed by atoms with Crippen molar-refractivity contribution in [1.29, 1.82) is 0 Å². The van der Waals surface area contributed by atoms with E-state index in [2.05, 4.69) is 5.32 Å². The fourth-order valence-electron chi connectivity index (χ4n) is 3.63. The Bertz CT molecular complexity index is 1460. The zero-order valence-electron chi connectivity index (χ0n) is 21.2. The SMILES string of the molecule is CCN(c1ccccc1)S(=O)(=O)c1cc(C(=O)OC(C)C(=O)Nc2cc([N+](=O)[O-])ccc2OC)ccc1C. The second-order valence-electron chi connectivity index (χ2n) is 8.16. The van der Waals surface area contributed by atoms with Gasteiger partial charge in [-0.3, -0.25) is 19.2 Å². The van der Waals surface area contributed by atoms with Crippen molar-refractivity contribution in [3.05, 3.63) is 88.0 Å². The molecule has 0 aliphatic rings. The van der Waals surface area contributed by atoms with Gasteiger partial charge in [0.15, 0.2) is 6.10 Å². The van der Waals surface area contributed by atoms with Gasteiger partial charge in [0, 0.05) is 18.7 Å². The first-order valence-electron chi connectivity index (χ1n) is 11.5. The zero-order valence-corrected chi connectivity index (χ0v) is 22.0. The maximum Gasteiger partial charge on any atom is 0.338 e. The number of carbonyl (C=O) groups excluding carboxylic acids is 2. The number of nitro groups is 1. The molecule has 1 amide bonds. The number of nitrogens with one attached hydrogen (secondary N) is 1. The van der Waals surface area contributed by atoms with Gasteiger partial charge in [0.25, 0.3) is 21.6 Å². The van der Waals surface area contributed by atoms with E-state index in [1.165, 1.54) is 48.7 Å². The Morgan fingerprint density at radius 1 is 1.08 bits per heavy atom. The van der Waals surface area contributed by atoms with Crippen molar-refractivity contribution in [3.63, 3.8) is 0 Å². The minimum Gasteiger partial charge on any atom is -0.495 e. The summed E-state index contributed by atoms with van der Waals surface area (Å²) >= 11 is 0. The van der Waals surface area contributed by atoms with Crippen LogP contribution < -0.4 is 14.4 Å². The fourth-order valence-corrected chi connectivity index (χ4v) is 5.36. The summed E-state index contributed by atoms with van der Waals surface area (Å²) in [6.07, 6.45) is -1.32. The van der Waals surface area contributed by atoms with E-state index in [-0.39, 0.29) is 34.1 Å². The Morgan fingerprint density at radius 2 is 1.76 bits per heavy atom. The number of aryl methyl sites for hydroxylation is 1. The maximum atomic E-state index is 13.5. The summed E-state index contributed by atoms with van der Waals surface area (Å²) in [5.74, 6) is -1.51. The van der Waals surface area contributed by atoms with E-state index >= 15 is 0 Å². The van der Waals surface area contributed by atoms with Gasteiger partial charge in [-0.2, -0.15) is 0 Å². The van der Waals surface area contributed by atoms with Crippen LogP contribution in [-0.4, -0.2) is 45.0 Å². The van der Waals surface area contributed by atoms with E-state index < -0.39 is 32.9 Å². The summed E-state index contributed by atoms with van der Waals surface area (Å²) in [4.78, 5) is 35.9. The van der Waals surface area contributed by atoms with Gasteiger partial charge in [0.1, 0.15) is 5.75 Å². The Morgan fingerprint density at radius 3 is 2.37 bits per heavy atom. The molecule has 0 radical (unpaired) electrons. The average molecular weight is 542 g/mol. The van der Waals surface area contributed by atoms with E-state index in [9.17, 15) is 28.1 Å². The van der Waals surface area contributed by atoms with Gasteiger partial charge in [-0.1, -0.05) is 24.3 Å². The maximum absolute atomic E-state index is 13.5. The summed E-state index contributed by atoms with van der Waals surface area (Å²) in [5.41, 5.74) is 0.601. The number of hydrogen-bond donors (Lipinski definition) is 1. The number of amides is 1. The van der Waals surface area contributed by atoms with Gasteiger partial charge in [-0.15, -0.1) is 0 Å². The van der Waals surface area contributed by atoms with Crippen LogP contribution in [0, 0.1) is 17.0 Å². The molecule has 1 N–H and O–H groups in total. The highest BCUT2D eigenvalue weighted by atomic mass is 32.2. The molecule has 0 saturated heterocycles. The van der Waals surface area contributed by atoms with Crippen LogP contribution in [0.5, 0.6) is 5.75 Å². The average Bonchev–Trinajstić information content (AvgIpc) is 2.89. The van der Waals surface area contributed by atoms with Crippen LogP contribution in [0.25, 0.3) is 0 Å². The zero-order chi connectivity index (χ0) is 28.0. The summed E-state index contributed by atoms with van der Waals surface area (Å²) < 4.78 is 38.6. The molecule has 0 spiro atoms. The summed E-state index contributed by atoms with van der Waals surface area (Å²) in [5, 5.41) is 13.5. The highest BCUT2D eigenvalue weighted by Gasteiger charge is 2.28. The summed E-state index contributed by atoms with van der Waals surface area (Å²) in [6, 6.07) is 16.3. The number of nitro benzene ring substituents is 1. The van der Waals surface area contributed by atoms with Crippen molar-refractivity contribution < 1.29 is 32.4 Å². The van der Waals surface area contributed by atoms with Crippen LogP contribution in [-0.2, 0) is 19.6 Å². The Labute approximate surface area is 220 Å². The third-order valence-corrected chi connectivity index (χ3v) is 7.67. The Hall–Kier alpha value is -4.45. The predicted octanol–water partition coefficient (Wildman–Crippen LogP) is 4.31. The molecule has 0 bridgehead atoms. The van der Waals surface area contributed by atoms with Crippen molar-refractivity contribution in [2.45, 2.75) is 31.8 Å². The van der Waals surface area contributed by atoms with Crippen molar-refractivity contribution in [1.82, 2.24) is 0 Å². The van der Waals surface area contributed by atoms with Crippen LogP contribution in [0.15, 0.2) is 71.6 Å². The minimum atomic E-state index is -4.02. The number of ether oxygens (including phenoxy) is 2. The third kappa shape index (κ3) is 6.09. The van der Waals surface area contributed by atoms with E-state index in [4.69, 9.17) is 9.47 Å². The van der Waals surface area contributed by atoms with Gasteiger partial charge >= 0.3 is 5.97 Å². The number of esters is 1. The van der Waals surface area contributed by atoms with Crippen LogP contribution >= 0.6 is 0 Å². The topological polar surface area (TPSA) is 145 Å². The monoisotopic (exact) mass is 541 g/mol. The number of non-ortho nitro benzene ring substituents is 1. The molecule has 0 aromatic heterocycles. The molecule has 200 valence electrons. The first kappa shape index (κ1) is 28.1. The smallest absolute Gasteiger partial charge is 0.338 e. The second-order valence-corrected chi connectivity index (χ2v) is 9.99. The lowest BCUT2D eigenvalue weighted by Gasteiger charge is -2.24. The number of anilines is 2. The largest absolute Gasteiger partial charge is 0.495 e. The molecule has 0 aliphatic carbocycles. The normalized spacial score (nSPS) is 11.8. The lowest BCUT2D eigenvalue weighted by atomic mass is 10.1.